The molecule has 1 heterocycles. The first-order valence-corrected chi connectivity index (χ1v) is 6.00. The van der Waals surface area contributed by atoms with E-state index in [1.54, 1.807) is 0 Å². The van der Waals surface area contributed by atoms with Crippen LogP contribution in [0.25, 0.3) is 0 Å². The molecule has 1 aliphatic rings. The van der Waals surface area contributed by atoms with Crippen LogP contribution in [0.15, 0.2) is 24.3 Å². The minimum Gasteiger partial charge on any atom is -0.389 e. The topological polar surface area (TPSA) is 66.6 Å². The van der Waals surface area contributed by atoms with Crippen molar-refractivity contribution in [3.63, 3.8) is 0 Å². The maximum atomic E-state index is 11.4. The molecule has 0 spiro atoms. The molecule has 0 bridgehead atoms. The standard InChI is InChI=1S/C13H18N2O3/c1-10-3-5-11(6-4-10)12-7-14(2)8-13(12,9-16)15(17)18/h3-6,12,16H,7-9H2,1-2H3/t12-,13-/m0/s1. The summed E-state index contributed by atoms with van der Waals surface area (Å²) in [6.07, 6.45) is 0. The Balaban J connectivity index is 2.41. The van der Waals surface area contributed by atoms with Crippen LogP contribution in [-0.2, 0) is 0 Å². The van der Waals surface area contributed by atoms with Crippen molar-refractivity contribution in [3.05, 3.63) is 45.5 Å². The van der Waals surface area contributed by atoms with Gasteiger partial charge in [-0.15, -0.1) is 0 Å². The Morgan fingerprint density at radius 2 is 2.11 bits per heavy atom. The van der Waals surface area contributed by atoms with Gasteiger partial charge in [0.1, 0.15) is 6.61 Å². The third-order valence-corrected chi connectivity index (χ3v) is 3.80. The largest absolute Gasteiger partial charge is 0.389 e. The number of benzene rings is 1. The summed E-state index contributed by atoms with van der Waals surface area (Å²) >= 11 is 0. The van der Waals surface area contributed by atoms with E-state index in [-0.39, 0.29) is 17.4 Å². The van der Waals surface area contributed by atoms with Gasteiger partial charge in [0.05, 0.1) is 12.5 Å². The number of aliphatic hydroxyl groups is 1. The zero-order valence-corrected chi connectivity index (χ0v) is 10.7. The van der Waals surface area contributed by atoms with Gasteiger partial charge in [0.25, 0.3) is 5.54 Å². The molecule has 0 aromatic heterocycles. The molecule has 98 valence electrons. The number of aliphatic hydroxyl groups excluding tert-OH is 1. The number of hydrogen-bond acceptors (Lipinski definition) is 4. The van der Waals surface area contributed by atoms with Crippen molar-refractivity contribution in [1.82, 2.24) is 4.90 Å². The molecule has 1 N–H and O–H groups in total. The van der Waals surface area contributed by atoms with Crippen molar-refractivity contribution in [2.45, 2.75) is 18.4 Å². The highest BCUT2D eigenvalue weighted by molar-refractivity contribution is 5.29. The molecule has 5 nitrogen and oxygen atoms in total. The fourth-order valence-corrected chi connectivity index (χ4v) is 2.74. The Hall–Kier alpha value is -1.46. The number of likely N-dealkylation sites (tertiary alicyclic amines) is 1. The smallest absolute Gasteiger partial charge is 0.265 e. The molecule has 1 aromatic rings. The highest BCUT2D eigenvalue weighted by Gasteiger charge is 2.56. The lowest BCUT2D eigenvalue weighted by Gasteiger charge is -2.24. The van der Waals surface area contributed by atoms with Crippen molar-refractivity contribution >= 4 is 0 Å². The van der Waals surface area contributed by atoms with E-state index < -0.39 is 12.1 Å². The Bertz CT molecular complexity index is 446. The molecule has 5 heteroatoms. The second kappa shape index (κ2) is 4.66. The third kappa shape index (κ3) is 2.00. The van der Waals surface area contributed by atoms with Gasteiger partial charge in [0.2, 0.25) is 0 Å². The van der Waals surface area contributed by atoms with Gasteiger partial charge in [-0.05, 0) is 19.5 Å². The molecule has 1 aromatic carbocycles. The lowest BCUT2D eigenvalue weighted by atomic mass is 9.83. The van der Waals surface area contributed by atoms with E-state index in [0.717, 1.165) is 11.1 Å². The monoisotopic (exact) mass is 250 g/mol. The normalized spacial score (nSPS) is 28.5. The van der Waals surface area contributed by atoms with Gasteiger partial charge < -0.3 is 5.11 Å². The van der Waals surface area contributed by atoms with Crippen LogP contribution in [0.2, 0.25) is 0 Å². The van der Waals surface area contributed by atoms with Crippen molar-refractivity contribution in [2.24, 2.45) is 0 Å². The fourth-order valence-electron chi connectivity index (χ4n) is 2.74. The van der Waals surface area contributed by atoms with Gasteiger partial charge in [0, 0.05) is 11.5 Å². The molecule has 0 unspecified atom stereocenters. The van der Waals surface area contributed by atoms with E-state index in [9.17, 15) is 15.2 Å². The molecular weight excluding hydrogens is 232 g/mol. The number of likely N-dealkylation sites (N-methyl/N-ethyl adjacent to an activating group) is 1. The molecule has 2 atom stereocenters. The molecular formula is C13H18N2O3. The minimum atomic E-state index is -1.27. The van der Waals surface area contributed by atoms with Crippen LogP contribution >= 0.6 is 0 Å². The van der Waals surface area contributed by atoms with Gasteiger partial charge in [-0.25, -0.2) is 0 Å². The number of aryl methyl sites for hydroxylation is 1. The van der Waals surface area contributed by atoms with E-state index in [4.69, 9.17) is 0 Å². The molecule has 0 radical (unpaired) electrons. The second-order valence-corrected chi connectivity index (χ2v) is 5.18. The maximum Gasteiger partial charge on any atom is 0.265 e. The first-order chi connectivity index (χ1) is 8.49. The molecule has 2 rings (SSSR count). The minimum absolute atomic E-state index is 0.261. The van der Waals surface area contributed by atoms with Crippen LogP contribution in [0.1, 0.15) is 17.0 Å². The number of rotatable bonds is 3. The van der Waals surface area contributed by atoms with E-state index in [1.807, 2.05) is 43.1 Å². The van der Waals surface area contributed by atoms with Crippen molar-refractivity contribution in [1.29, 1.82) is 0 Å². The SMILES string of the molecule is Cc1ccc([C@@H]2CN(C)C[C@@]2(CO)[N+](=O)[O-])cc1. The van der Waals surface area contributed by atoms with Gasteiger partial charge in [-0.2, -0.15) is 0 Å². The lowest BCUT2D eigenvalue weighted by molar-refractivity contribution is -0.572. The first-order valence-electron chi connectivity index (χ1n) is 6.00. The van der Waals surface area contributed by atoms with Gasteiger partial charge in [-0.1, -0.05) is 29.8 Å². The predicted octanol–water partition coefficient (Wildman–Crippen LogP) is 1.03. The number of hydrogen-bond donors (Lipinski definition) is 1. The zero-order valence-electron chi connectivity index (χ0n) is 10.7. The molecule has 1 saturated heterocycles. The summed E-state index contributed by atoms with van der Waals surface area (Å²) in [7, 11) is 1.85. The summed E-state index contributed by atoms with van der Waals surface area (Å²) < 4.78 is 0. The zero-order chi connectivity index (χ0) is 13.3. The van der Waals surface area contributed by atoms with E-state index in [2.05, 4.69) is 0 Å². The van der Waals surface area contributed by atoms with Crippen LogP contribution in [0.4, 0.5) is 0 Å². The molecule has 18 heavy (non-hydrogen) atoms. The molecule has 0 amide bonds. The van der Waals surface area contributed by atoms with Crippen molar-refractivity contribution in [2.75, 3.05) is 26.7 Å². The number of nitro groups is 1. The second-order valence-electron chi connectivity index (χ2n) is 5.18. The van der Waals surface area contributed by atoms with Crippen LogP contribution < -0.4 is 0 Å². The van der Waals surface area contributed by atoms with E-state index in [1.165, 1.54) is 0 Å². The molecule has 1 fully saturated rings. The van der Waals surface area contributed by atoms with Crippen LogP contribution in [0, 0.1) is 17.0 Å². The van der Waals surface area contributed by atoms with Gasteiger partial charge >= 0.3 is 0 Å². The average Bonchev–Trinajstić information content (AvgIpc) is 2.68. The van der Waals surface area contributed by atoms with Crippen molar-refractivity contribution < 1.29 is 10.0 Å². The van der Waals surface area contributed by atoms with Gasteiger partial charge in [-0.3, -0.25) is 15.0 Å². The maximum absolute atomic E-state index is 11.4. The van der Waals surface area contributed by atoms with E-state index in [0.29, 0.717) is 6.54 Å². The number of nitrogens with zero attached hydrogens (tertiary/aromatic N) is 2. The third-order valence-electron chi connectivity index (χ3n) is 3.80. The van der Waals surface area contributed by atoms with Crippen molar-refractivity contribution in [3.8, 4) is 0 Å². The molecule has 0 saturated carbocycles. The lowest BCUT2D eigenvalue weighted by Crippen LogP contribution is -2.48. The first kappa shape index (κ1) is 13.0. The Morgan fingerprint density at radius 1 is 1.50 bits per heavy atom. The fraction of sp³-hybridized carbons (Fsp3) is 0.538. The van der Waals surface area contributed by atoms with Gasteiger partial charge in [0.15, 0.2) is 0 Å². The molecule has 1 aliphatic heterocycles. The highest BCUT2D eigenvalue weighted by atomic mass is 16.6. The Morgan fingerprint density at radius 3 is 2.61 bits per heavy atom. The average molecular weight is 250 g/mol. The summed E-state index contributed by atoms with van der Waals surface area (Å²) in [6, 6.07) is 7.76. The quantitative estimate of drug-likeness (QED) is 0.642. The highest BCUT2D eigenvalue weighted by Crippen LogP contribution is 2.37. The summed E-state index contributed by atoms with van der Waals surface area (Å²) in [5, 5.41) is 20.9. The van der Waals surface area contributed by atoms with Crippen LogP contribution in [0.3, 0.4) is 0 Å². The summed E-state index contributed by atoms with van der Waals surface area (Å²) in [5.74, 6) is -0.261. The van der Waals surface area contributed by atoms with Crippen LogP contribution in [0.5, 0.6) is 0 Å². The predicted molar refractivity (Wildman–Crippen MR) is 68.2 cm³/mol. The summed E-state index contributed by atoms with van der Waals surface area (Å²) in [4.78, 5) is 13.0. The Kier molecular flexibility index (Phi) is 3.36. The van der Waals surface area contributed by atoms with E-state index >= 15 is 0 Å². The summed E-state index contributed by atoms with van der Waals surface area (Å²) in [5.41, 5.74) is 0.779. The van der Waals surface area contributed by atoms with Crippen LogP contribution in [-0.4, -0.2) is 47.2 Å². The summed E-state index contributed by atoms with van der Waals surface area (Å²) in [6.45, 7) is 2.44. The Labute approximate surface area is 106 Å². The molecule has 0 aliphatic carbocycles.